The summed E-state index contributed by atoms with van der Waals surface area (Å²) in [6.07, 6.45) is 4.47. The van der Waals surface area contributed by atoms with Crippen molar-refractivity contribution in [1.29, 1.82) is 0 Å². The molecule has 1 aliphatic heterocycles. The molecular formula is C24H27N3O4. The lowest BCUT2D eigenvalue weighted by molar-refractivity contribution is -0.133. The molecule has 0 saturated carbocycles. The van der Waals surface area contributed by atoms with Gasteiger partial charge in [-0.25, -0.2) is 0 Å². The number of hydrogen-bond acceptors (Lipinski definition) is 6. The minimum Gasteiger partial charge on any atom is -0.484 e. The Morgan fingerprint density at radius 2 is 1.74 bits per heavy atom. The fourth-order valence-corrected chi connectivity index (χ4v) is 3.53. The van der Waals surface area contributed by atoms with Gasteiger partial charge >= 0.3 is 0 Å². The number of nitrogens with zero attached hydrogens (tertiary/aromatic N) is 3. The molecule has 2 heterocycles. The van der Waals surface area contributed by atoms with Crippen LogP contribution in [-0.4, -0.2) is 40.6 Å². The van der Waals surface area contributed by atoms with E-state index in [-0.39, 0.29) is 19.1 Å². The maximum Gasteiger partial charge on any atom is 0.264 e. The highest BCUT2D eigenvalue weighted by atomic mass is 16.5. The van der Waals surface area contributed by atoms with Crippen molar-refractivity contribution in [3.8, 4) is 22.9 Å². The van der Waals surface area contributed by atoms with Crippen LogP contribution in [0.25, 0.3) is 11.4 Å². The summed E-state index contributed by atoms with van der Waals surface area (Å²) in [6.45, 7) is 3.80. The zero-order valence-electron chi connectivity index (χ0n) is 17.8. The van der Waals surface area contributed by atoms with E-state index in [4.69, 9.17) is 14.0 Å². The van der Waals surface area contributed by atoms with Crippen LogP contribution in [-0.2, 0) is 11.4 Å². The number of hydrogen-bond donors (Lipinski definition) is 0. The molecule has 2 aromatic carbocycles. The highest BCUT2D eigenvalue weighted by Crippen LogP contribution is 2.28. The quantitative estimate of drug-likeness (QED) is 0.563. The summed E-state index contributed by atoms with van der Waals surface area (Å²) in [4.78, 5) is 18.9. The third-order valence-electron chi connectivity index (χ3n) is 5.29. The van der Waals surface area contributed by atoms with Gasteiger partial charge in [0, 0.05) is 13.1 Å². The van der Waals surface area contributed by atoms with Crippen LogP contribution in [0.4, 0.5) is 0 Å². The zero-order valence-corrected chi connectivity index (χ0v) is 17.8. The van der Waals surface area contributed by atoms with Crippen molar-refractivity contribution in [1.82, 2.24) is 15.0 Å². The van der Waals surface area contributed by atoms with Gasteiger partial charge in [0.25, 0.3) is 11.8 Å². The Labute approximate surface area is 182 Å². The second-order valence-electron chi connectivity index (χ2n) is 7.69. The first kappa shape index (κ1) is 20.9. The van der Waals surface area contributed by atoms with E-state index in [0.29, 0.717) is 23.0 Å². The van der Waals surface area contributed by atoms with Crippen LogP contribution < -0.4 is 9.47 Å². The third kappa shape index (κ3) is 5.63. The fourth-order valence-electron chi connectivity index (χ4n) is 3.53. The van der Waals surface area contributed by atoms with Gasteiger partial charge in [0.15, 0.2) is 13.2 Å². The summed E-state index contributed by atoms with van der Waals surface area (Å²) in [6, 6.07) is 15.2. The molecule has 1 fully saturated rings. The van der Waals surface area contributed by atoms with Crippen LogP contribution in [0.1, 0.15) is 37.1 Å². The lowest BCUT2D eigenvalue weighted by Crippen LogP contribution is -2.35. The normalized spacial score (nSPS) is 14.2. The van der Waals surface area contributed by atoms with E-state index >= 15 is 0 Å². The van der Waals surface area contributed by atoms with Crippen LogP contribution in [0, 0.1) is 6.92 Å². The summed E-state index contributed by atoms with van der Waals surface area (Å²) in [5, 5.41) is 4.06. The van der Waals surface area contributed by atoms with Crippen LogP contribution in [0.2, 0.25) is 0 Å². The SMILES string of the molecule is Cc1ccc(OCc2nc(-c3ccccc3OCC(=O)N3CCCCCC3)no2)cc1. The molecule has 0 N–H and O–H groups in total. The number of ether oxygens (including phenoxy) is 2. The molecule has 162 valence electrons. The third-order valence-corrected chi connectivity index (χ3v) is 5.29. The molecule has 1 aromatic heterocycles. The molecule has 0 spiro atoms. The average molecular weight is 421 g/mol. The van der Waals surface area contributed by atoms with Crippen molar-refractivity contribution in [3.05, 3.63) is 60.0 Å². The number of likely N-dealkylation sites (tertiary alicyclic amines) is 1. The second kappa shape index (κ2) is 10.1. The van der Waals surface area contributed by atoms with E-state index in [1.165, 1.54) is 18.4 Å². The average Bonchev–Trinajstić information content (AvgIpc) is 3.10. The monoisotopic (exact) mass is 421 g/mol. The largest absolute Gasteiger partial charge is 0.484 e. The van der Waals surface area contributed by atoms with Gasteiger partial charge < -0.3 is 18.9 Å². The van der Waals surface area contributed by atoms with Crippen LogP contribution >= 0.6 is 0 Å². The van der Waals surface area contributed by atoms with Crippen molar-refractivity contribution in [2.75, 3.05) is 19.7 Å². The van der Waals surface area contributed by atoms with Gasteiger partial charge in [-0.3, -0.25) is 4.79 Å². The predicted molar refractivity (Wildman–Crippen MR) is 116 cm³/mol. The molecule has 1 aliphatic rings. The van der Waals surface area contributed by atoms with Gasteiger partial charge in [0.1, 0.15) is 11.5 Å². The molecule has 3 aromatic rings. The van der Waals surface area contributed by atoms with E-state index in [9.17, 15) is 4.79 Å². The summed E-state index contributed by atoms with van der Waals surface area (Å²) in [5.41, 5.74) is 1.84. The summed E-state index contributed by atoms with van der Waals surface area (Å²) in [7, 11) is 0. The molecule has 0 atom stereocenters. The Morgan fingerprint density at radius 3 is 2.52 bits per heavy atom. The van der Waals surface area contributed by atoms with Crippen molar-refractivity contribution in [2.24, 2.45) is 0 Å². The lowest BCUT2D eigenvalue weighted by Gasteiger charge is -2.20. The Bertz CT molecular complexity index is 992. The van der Waals surface area contributed by atoms with Gasteiger partial charge in [-0.15, -0.1) is 0 Å². The number of benzene rings is 2. The summed E-state index contributed by atoms with van der Waals surface area (Å²) < 4.78 is 16.9. The van der Waals surface area contributed by atoms with Gasteiger partial charge in [-0.1, -0.05) is 47.8 Å². The lowest BCUT2D eigenvalue weighted by atomic mass is 10.2. The van der Waals surface area contributed by atoms with Crippen molar-refractivity contribution < 1.29 is 18.8 Å². The molecule has 7 heteroatoms. The topological polar surface area (TPSA) is 77.7 Å². The Balaban J connectivity index is 1.38. The van der Waals surface area contributed by atoms with Crippen molar-refractivity contribution in [2.45, 2.75) is 39.2 Å². The van der Waals surface area contributed by atoms with E-state index in [2.05, 4.69) is 10.1 Å². The van der Waals surface area contributed by atoms with E-state index < -0.39 is 0 Å². The number of rotatable bonds is 7. The first-order valence-electron chi connectivity index (χ1n) is 10.7. The second-order valence-corrected chi connectivity index (χ2v) is 7.69. The maximum absolute atomic E-state index is 12.6. The predicted octanol–water partition coefficient (Wildman–Crippen LogP) is 4.41. The number of amides is 1. The van der Waals surface area contributed by atoms with Gasteiger partial charge in [-0.05, 0) is 44.0 Å². The van der Waals surface area contributed by atoms with Crippen molar-refractivity contribution >= 4 is 5.91 Å². The molecule has 4 rings (SSSR count). The molecule has 1 amide bonds. The molecule has 0 radical (unpaired) electrons. The van der Waals surface area contributed by atoms with Crippen LogP contribution in [0.15, 0.2) is 53.1 Å². The minimum absolute atomic E-state index is 0.00173. The van der Waals surface area contributed by atoms with Gasteiger partial charge in [0.2, 0.25) is 5.82 Å². The number of carbonyl (C=O) groups excluding carboxylic acids is 1. The molecule has 0 bridgehead atoms. The molecule has 0 aliphatic carbocycles. The van der Waals surface area contributed by atoms with E-state index in [0.717, 1.165) is 31.7 Å². The number of carbonyl (C=O) groups is 1. The highest BCUT2D eigenvalue weighted by molar-refractivity contribution is 5.78. The molecule has 7 nitrogen and oxygen atoms in total. The zero-order chi connectivity index (χ0) is 21.5. The van der Waals surface area contributed by atoms with Gasteiger partial charge in [0.05, 0.1) is 5.56 Å². The summed E-state index contributed by atoms with van der Waals surface area (Å²) >= 11 is 0. The van der Waals surface area contributed by atoms with Gasteiger partial charge in [-0.2, -0.15) is 4.98 Å². The Morgan fingerprint density at radius 1 is 1.00 bits per heavy atom. The van der Waals surface area contributed by atoms with Crippen LogP contribution in [0.5, 0.6) is 11.5 Å². The number of aryl methyl sites for hydroxylation is 1. The first-order valence-corrected chi connectivity index (χ1v) is 10.7. The molecule has 1 saturated heterocycles. The highest BCUT2D eigenvalue weighted by Gasteiger charge is 2.18. The molecule has 31 heavy (non-hydrogen) atoms. The number of para-hydroxylation sites is 1. The minimum atomic E-state index is -0.00173. The maximum atomic E-state index is 12.6. The van der Waals surface area contributed by atoms with E-state index in [1.807, 2.05) is 60.4 Å². The first-order chi connectivity index (χ1) is 15.2. The fraction of sp³-hybridized carbons (Fsp3) is 0.375. The smallest absolute Gasteiger partial charge is 0.264 e. The Kier molecular flexibility index (Phi) is 6.82. The molecular weight excluding hydrogens is 394 g/mol. The molecule has 0 unspecified atom stereocenters. The van der Waals surface area contributed by atoms with E-state index in [1.54, 1.807) is 0 Å². The van der Waals surface area contributed by atoms with Crippen LogP contribution in [0.3, 0.4) is 0 Å². The standard InChI is InChI=1S/C24H27N3O4/c1-18-10-12-19(13-11-18)29-16-22-25-24(26-31-22)20-8-4-5-9-21(20)30-17-23(28)27-14-6-2-3-7-15-27/h4-5,8-13H,2-3,6-7,14-17H2,1H3. The number of aromatic nitrogens is 2. The summed E-state index contributed by atoms with van der Waals surface area (Å²) in [5.74, 6) is 2.07. The van der Waals surface area contributed by atoms with Crippen molar-refractivity contribution in [3.63, 3.8) is 0 Å². The Hall–Kier alpha value is -3.35.